The third kappa shape index (κ3) is 4.90. The number of benzene rings is 1. The Hall–Kier alpha value is -2.30. The summed E-state index contributed by atoms with van der Waals surface area (Å²) in [5, 5.41) is 10.1. The maximum atomic E-state index is 11.5. The SMILES string of the molecule is CN=C(NCCc1c(C)[nH]c2ccccc12)NCCN1C(=O)CNC1=O.I. The van der Waals surface area contributed by atoms with Crippen molar-refractivity contribution >= 4 is 52.8 Å². The van der Waals surface area contributed by atoms with Crippen LogP contribution >= 0.6 is 24.0 Å². The van der Waals surface area contributed by atoms with Crippen LogP contribution in [0.15, 0.2) is 29.3 Å². The molecule has 3 rings (SSSR count). The molecule has 0 saturated carbocycles. The number of amides is 3. The Labute approximate surface area is 175 Å². The highest BCUT2D eigenvalue weighted by atomic mass is 127. The van der Waals surface area contributed by atoms with Crippen molar-refractivity contribution in [3.8, 4) is 0 Å². The fraction of sp³-hybridized carbons (Fsp3) is 0.389. The highest BCUT2D eigenvalue weighted by Gasteiger charge is 2.27. The van der Waals surface area contributed by atoms with E-state index in [-0.39, 0.29) is 42.5 Å². The molecular weight excluding hydrogens is 459 g/mol. The predicted octanol–water partition coefficient (Wildman–Crippen LogP) is 1.35. The monoisotopic (exact) mass is 484 g/mol. The van der Waals surface area contributed by atoms with Gasteiger partial charge in [0.25, 0.3) is 0 Å². The second-order valence-electron chi connectivity index (χ2n) is 6.15. The third-order valence-electron chi connectivity index (χ3n) is 4.48. The van der Waals surface area contributed by atoms with Crippen molar-refractivity contribution in [2.45, 2.75) is 13.3 Å². The molecule has 1 aromatic heterocycles. The van der Waals surface area contributed by atoms with E-state index in [1.54, 1.807) is 7.05 Å². The first-order valence-corrected chi connectivity index (χ1v) is 8.69. The van der Waals surface area contributed by atoms with Gasteiger partial charge in [0.1, 0.15) is 0 Å². The van der Waals surface area contributed by atoms with Crippen molar-refractivity contribution in [3.63, 3.8) is 0 Å². The first-order valence-electron chi connectivity index (χ1n) is 8.69. The maximum Gasteiger partial charge on any atom is 0.324 e. The molecule has 8 nitrogen and oxygen atoms in total. The van der Waals surface area contributed by atoms with E-state index in [0.29, 0.717) is 19.0 Å². The summed E-state index contributed by atoms with van der Waals surface area (Å²) < 4.78 is 0. The zero-order valence-electron chi connectivity index (χ0n) is 15.5. The zero-order valence-corrected chi connectivity index (χ0v) is 17.8. The molecule has 27 heavy (non-hydrogen) atoms. The Morgan fingerprint density at radius 2 is 1.96 bits per heavy atom. The first-order chi connectivity index (χ1) is 12.6. The van der Waals surface area contributed by atoms with E-state index >= 15 is 0 Å². The summed E-state index contributed by atoms with van der Waals surface area (Å²) in [5.41, 5.74) is 3.62. The van der Waals surface area contributed by atoms with Crippen molar-refractivity contribution < 1.29 is 9.59 Å². The summed E-state index contributed by atoms with van der Waals surface area (Å²) in [6, 6.07) is 7.93. The average molecular weight is 484 g/mol. The van der Waals surface area contributed by atoms with Crippen LogP contribution in [-0.2, 0) is 11.2 Å². The highest BCUT2D eigenvalue weighted by molar-refractivity contribution is 14.0. The fourth-order valence-corrected chi connectivity index (χ4v) is 3.15. The minimum atomic E-state index is -0.338. The van der Waals surface area contributed by atoms with Gasteiger partial charge in [0.2, 0.25) is 5.91 Å². The number of imide groups is 1. The van der Waals surface area contributed by atoms with Crippen LogP contribution in [0.25, 0.3) is 10.9 Å². The smallest absolute Gasteiger partial charge is 0.324 e. The van der Waals surface area contributed by atoms with Crippen LogP contribution in [0.5, 0.6) is 0 Å². The number of carbonyl (C=O) groups excluding carboxylic acids is 2. The molecule has 1 saturated heterocycles. The van der Waals surface area contributed by atoms with Crippen LogP contribution in [0.3, 0.4) is 0 Å². The molecule has 0 bridgehead atoms. The number of aromatic amines is 1. The third-order valence-corrected chi connectivity index (χ3v) is 4.48. The minimum absolute atomic E-state index is 0. The van der Waals surface area contributed by atoms with Gasteiger partial charge in [0.05, 0.1) is 6.54 Å². The number of nitrogens with zero attached hydrogens (tertiary/aromatic N) is 2. The summed E-state index contributed by atoms with van der Waals surface area (Å²) >= 11 is 0. The van der Waals surface area contributed by atoms with Crippen LogP contribution in [0.4, 0.5) is 4.79 Å². The molecule has 2 heterocycles. The number of aryl methyl sites for hydroxylation is 1. The molecular formula is C18H25IN6O2. The Balaban J connectivity index is 0.00000261. The van der Waals surface area contributed by atoms with Gasteiger partial charge in [0.15, 0.2) is 5.96 Å². The molecule has 0 radical (unpaired) electrons. The fourth-order valence-electron chi connectivity index (χ4n) is 3.15. The minimum Gasteiger partial charge on any atom is -0.358 e. The van der Waals surface area contributed by atoms with E-state index in [4.69, 9.17) is 0 Å². The lowest BCUT2D eigenvalue weighted by Gasteiger charge is -2.15. The van der Waals surface area contributed by atoms with Crippen molar-refractivity contribution in [1.82, 2.24) is 25.8 Å². The number of carbonyl (C=O) groups is 2. The predicted molar refractivity (Wildman–Crippen MR) is 117 cm³/mol. The molecule has 9 heteroatoms. The van der Waals surface area contributed by atoms with Crippen LogP contribution in [0, 0.1) is 6.92 Å². The second-order valence-corrected chi connectivity index (χ2v) is 6.15. The number of fused-ring (bicyclic) bond motifs is 1. The van der Waals surface area contributed by atoms with Crippen LogP contribution < -0.4 is 16.0 Å². The molecule has 4 N–H and O–H groups in total. The first kappa shape index (κ1) is 21.0. The summed E-state index contributed by atoms with van der Waals surface area (Å²) in [4.78, 5) is 31.8. The normalized spacial score (nSPS) is 14.3. The number of halogens is 1. The van der Waals surface area contributed by atoms with Crippen molar-refractivity contribution in [2.24, 2.45) is 4.99 Å². The van der Waals surface area contributed by atoms with Crippen LogP contribution in [0.1, 0.15) is 11.3 Å². The Kier molecular flexibility index (Phi) is 7.45. The van der Waals surface area contributed by atoms with E-state index in [2.05, 4.69) is 45.0 Å². The second kappa shape index (κ2) is 9.58. The summed E-state index contributed by atoms with van der Waals surface area (Å²) in [5.74, 6) is 0.448. The van der Waals surface area contributed by atoms with E-state index in [1.807, 2.05) is 12.1 Å². The number of H-pyrrole nitrogens is 1. The summed E-state index contributed by atoms with van der Waals surface area (Å²) in [6.45, 7) is 3.65. The van der Waals surface area contributed by atoms with Gasteiger partial charge in [-0.1, -0.05) is 18.2 Å². The Morgan fingerprint density at radius 3 is 2.67 bits per heavy atom. The number of hydrogen-bond acceptors (Lipinski definition) is 3. The van der Waals surface area contributed by atoms with Gasteiger partial charge in [-0.15, -0.1) is 24.0 Å². The average Bonchev–Trinajstić information content (AvgIpc) is 3.13. The Morgan fingerprint density at radius 1 is 1.22 bits per heavy atom. The lowest BCUT2D eigenvalue weighted by molar-refractivity contribution is -0.124. The van der Waals surface area contributed by atoms with Gasteiger partial charge in [-0.05, 0) is 25.0 Å². The number of nitrogens with one attached hydrogen (secondary N) is 4. The van der Waals surface area contributed by atoms with E-state index in [0.717, 1.165) is 18.5 Å². The largest absolute Gasteiger partial charge is 0.358 e. The molecule has 1 aliphatic heterocycles. The van der Waals surface area contributed by atoms with Gasteiger partial charge in [0, 0.05) is 43.3 Å². The molecule has 0 aliphatic carbocycles. The number of aliphatic imine (C=N–C) groups is 1. The molecule has 1 aliphatic rings. The molecule has 146 valence electrons. The lowest BCUT2D eigenvalue weighted by atomic mass is 10.1. The van der Waals surface area contributed by atoms with Crippen molar-refractivity contribution in [2.75, 3.05) is 33.2 Å². The quantitative estimate of drug-likeness (QED) is 0.215. The van der Waals surface area contributed by atoms with Crippen LogP contribution in [-0.4, -0.2) is 61.0 Å². The molecule has 1 aromatic carbocycles. The molecule has 2 aromatic rings. The van der Waals surface area contributed by atoms with Crippen molar-refractivity contribution in [1.29, 1.82) is 0 Å². The number of guanidine groups is 1. The molecule has 3 amide bonds. The standard InChI is InChI=1S/C18H24N6O2.HI/c1-12-13(14-5-3-4-6-15(14)23-12)7-8-20-17(19-2)21-9-10-24-16(25)11-22-18(24)26;/h3-6,23H,7-11H2,1-2H3,(H,22,26)(H2,19,20,21);1H. The molecule has 1 fully saturated rings. The lowest BCUT2D eigenvalue weighted by Crippen LogP contribution is -2.43. The summed E-state index contributed by atoms with van der Waals surface area (Å²) in [7, 11) is 1.69. The Bertz CT molecular complexity index is 831. The van der Waals surface area contributed by atoms with Gasteiger partial charge in [-0.2, -0.15) is 0 Å². The van der Waals surface area contributed by atoms with Gasteiger partial charge < -0.3 is 20.9 Å². The maximum absolute atomic E-state index is 11.5. The van der Waals surface area contributed by atoms with Gasteiger partial charge in [-0.3, -0.25) is 14.7 Å². The molecule has 0 spiro atoms. The number of aromatic nitrogens is 1. The van der Waals surface area contributed by atoms with E-state index in [1.165, 1.54) is 21.5 Å². The number of hydrogen-bond donors (Lipinski definition) is 4. The highest BCUT2D eigenvalue weighted by Crippen LogP contribution is 2.21. The van der Waals surface area contributed by atoms with Crippen molar-refractivity contribution in [3.05, 3.63) is 35.5 Å². The van der Waals surface area contributed by atoms with Crippen LogP contribution in [0.2, 0.25) is 0 Å². The molecule has 0 unspecified atom stereocenters. The van der Waals surface area contributed by atoms with E-state index in [9.17, 15) is 9.59 Å². The number of para-hydroxylation sites is 1. The van der Waals surface area contributed by atoms with Gasteiger partial charge in [-0.25, -0.2) is 4.79 Å². The van der Waals surface area contributed by atoms with E-state index < -0.39 is 0 Å². The van der Waals surface area contributed by atoms with Gasteiger partial charge >= 0.3 is 6.03 Å². The number of rotatable bonds is 6. The summed E-state index contributed by atoms with van der Waals surface area (Å²) in [6.07, 6.45) is 0.865. The zero-order chi connectivity index (χ0) is 18.5. The topological polar surface area (TPSA) is 102 Å². The molecule has 0 atom stereocenters. The number of urea groups is 1.